The largest absolute Gasteiger partial charge is 0.480 e. The lowest BCUT2D eigenvalue weighted by molar-refractivity contribution is -0.147. The molecule has 0 spiro atoms. The van der Waals surface area contributed by atoms with Crippen molar-refractivity contribution in [3.8, 4) is 0 Å². The summed E-state index contributed by atoms with van der Waals surface area (Å²) in [7, 11) is 1.46. The Bertz CT molecular complexity index is 241. The van der Waals surface area contributed by atoms with Gasteiger partial charge >= 0.3 is 5.97 Å². The fraction of sp³-hybridized carbons (Fsp3) is 0.600. The number of carbonyl (C=O) groups excluding carboxylic acids is 1. The zero-order valence-corrected chi connectivity index (χ0v) is 8.98. The van der Waals surface area contributed by atoms with Gasteiger partial charge in [-0.1, -0.05) is 6.58 Å². The molecule has 0 saturated carbocycles. The average molecular weight is 214 g/mol. The fourth-order valence-electron chi connectivity index (χ4n) is 1.26. The topological polar surface area (TPSA) is 83.6 Å². The number of hydrogen-bond acceptors (Lipinski definition) is 3. The molecule has 0 aliphatic heterocycles. The predicted molar refractivity (Wildman–Crippen MR) is 57.3 cm³/mol. The van der Waals surface area contributed by atoms with Crippen LogP contribution in [0.3, 0.4) is 0 Å². The molecule has 3 N–H and O–H groups in total. The summed E-state index contributed by atoms with van der Waals surface area (Å²) in [5.74, 6) is -1.38. The van der Waals surface area contributed by atoms with Gasteiger partial charge < -0.3 is 15.7 Å². The smallest absolute Gasteiger partial charge is 0.326 e. The molecule has 0 bridgehead atoms. The zero-order chi connectivity index (χ0) is 11.8. The molecule has 0 fully saturated rings. The second-order valence-electron chi connectivity index (χ2n) is 3.29. The monoisotopic (exact) mass is 214 g/mol. The number of carbonyl (C=O) groups is 2. The Labute approximate surface area is 89.6 Å². The molecule has 86 valence electrons. The molecule has 5 heteroatoms. The van der Waals surface area contributed by atoms with Crippen molar-refractivity contribution in [2.45, 2.75) is 25.3 Å². The highest BCUT2D eigenvalue weighted by Crippen LogP contribution is 2.08. The molecule has 0 rings (SSSR count). The Morgan fingerprint density at radius 2 is 2.13 bits per heavy atom. The molecule has 0 aromatic carbocycles. The lowest BCUT2D eigenvalue weighted by Gasteiger charge is -2.23. The van der Waals surface area contributed by atoms with Gasteiger partial charge in [0, 0.05) is 7.05 Å². The molecule has 0 aromatic heterocycles. The number of unbranched alkanes of at least 4 members (excludes halogenated alkanes) is 1. The van der Waals surface area contributed by atoms with Crippen LogP contribution < -0.4 is 5.73 Å². The zero-order valence-electron chi connectivity index (χ0n) is 8.98. The van der Waals surface area contributed by atoms with Gasteiger partial charge in [-0.15, -0.1) is 0 Å². The number of nitrogens with zero attached hydrogens (tertiary/aromatic N) is 1. The molecular weight excluding hydrogens is 196 g/mol. The highest BCUT2D eigenvalue weighted by molar-refractivity contribution is 5.90. The van der Waals surface area contributed by atoms with Crippen molar-refractivity contribution in [3.63, 3.8) is 0 Å². The van der Waals surface area contributed by atoms with Gasteiger partial charge in [0.05, 0.1) is 0 Å². The molecule has 15 heavy (non-hydrogen) atoms. The molecule has 1 amide bonds. The first-order valence-electron chi connectivity index (χ1n) is 4.86. The van der Waals surface area contributed by atoms with E-state index in [2.05, 4.69) is 6.58 Å². The third kappa shape index (κ3) is 4.60. The summed E-state index contributed by atoms with van der Waals surface area (Å²) in [5.41, 5.74) is 5.31. The van der Waals surface area contributed by atoms with Gasteiger partial charge in [-0.3, -0.25) is 4.79 Å². The van der Waals surface area contributed by atoms with Crippen LogP contribution in [0.5, 0.6) is 0 Å². The summed E-state index contributed by atoms with van der Waals surface area (Å²) in [5, 5.41) is 8.93. The van der Waals surface area contributed by atoms with Crippen molar-refractivity contribution in [2.75, 3.05) is 13.6 Å². The molecule has 0 saturated heterocycles. The minimum absolute atomic E-state index is 0.379. The second-order valence-corrected chi connectivity index (χ2v) is 3.29. The minimum Gasteiger partial charge on any atom is -0.480 e. The van der Waals surface area contributed by atoms with Crippen molar-refractivity contribution in [2.24, 2.45) is 5.73 Å². The van der Waals surface area contributed by atoms with Crippen LogP contribution in [0.1, 0.15) is 19.3 Å². The normalized spacial score (nSPS) is 11.9. The summed E-state index contributed by atoms with van der Waals surface area (Å²) >= 11 is 0. The van der Waals surface area contributed by atoms with Crippen molar-refractivity contribution < 1.29 is 14.7 Å². The molecule has 0 unspecified atom stereocenters. The maximum Gasteiger partial charge on any atom is 0.326 e. The van der Waals surface area contributed by atoms with Crippen LogP contribution in [0.4, 0.5) is 0 Å². The number of nitrogens with two attached hydrogens (primary N) is 1. The molecule has 0 aliphatic carbocycles. The molecule has 0 radical (unpaired) electrons. The maximum atomic E-state index is 11.2. The predicted octanol–water partition coefficient (Wildman–Crippen LogP) is 0.213. The van der Waals surface area contributed by atoms with Crippen molar-refractivity contribution >= 4 is 11.9 Å². The summed E-state index contributed by atoms with van der Waals surface area (Å²) in [6.07, 6.45) is 2.99. The van der Waals surface area contributed by atoms with Gasteiger partial charge in [-0.05, 0) is 31.9 Å². The van der Waals surface area contributed by atoms with E-state index in [0.717, 1.165) is 12.5 Å². The minimum atomic E-state index is -0.996. The Morgan fingerprint density at radius 3 is 2.53 bits per heavy atom. The van der Waals surface area contributed by atoms with Gasteiger partial charge in [0.2, 0.25) is 5.91 Å². The van der Waals surface area contributed by atoms with E-state index in [-0.39, 0.29) is 5.91 Å². The first kappa shape index (κ1) is 13.6. The Kier molecular flexibility index (Phi) is 6.37. The lowest BCUT2D eigenvalue weighted by Crippen LogP contribution is -2.41. The average Bonchev–Trinajstić information content (AvgIpc) is 2.22. The van der Waals surface area contributed by atoms with Crippen LogP contribution in [0.2, 0.25) is 0 Å². The van der Waals surface area contributed by atoms with Crippen LogP contribution in [0.25, 0.3) is 0 Å². The summed E-state index contributed by atoms with van der Waals surface area (Å²) < 4.78 is 0. The number of rotatable bonds is 7. The SMILES string of the molecule is C=CC(=O)N(C)[C@@H](CCCCN)C(=O)O. The number of carboxylic acid groups (broad SMARTS) is 1. The van der Waals surface area contributed by atoms with Gasteiger partial charge in [0.1, 0.15) is 6.04 Å². The van der Waals surface area contributed by atoms with Crippen LogP contribution in [0, 0.1) is 0 Å². The van der Waals surface area contributed by atoms with E-state index in [1.54, 1.807) is 0 Å². The number of carboxylic acids is 1. The summed E-state index contributed by atoms with van der Waals surface area (Å²) in [6, 6.07) is -0.790. The number of amides is 1. The van der Waals surface area contributed by atoms with Crippen molar-refractivity contribution in [1.82, 2.24) is 4.90 Å². The highest BCUT2D eigenvalue weighted by Gasteiger charge is 2.24. The summed E-state index contributed by atoms with van der Waals surface area (Å²) in [4.78, 5) is 23.3. The lowest BCUT2D eigenvalue weighted by atomic mass is 10.1. The Hall–Kier alpha value is -1.36. The van der Waals surface area contributed by atoms with E-state index < -0.39 is 12.0 Å². The van der Waals surface area contributed by atoms with E-state index in [0.29, 0.717) is 19.4 Å². The third-order valence-corrected chi connectivity index (χ3v) is 2.21. The molecule has 5 nitrogen and oxygen atoms in total. The quantitative estimate of drug-likeness (QED) is 0.469. The van der Waals surface area contributed by atoms with Crippen molar-refractivity contribution in [1.29, 1.82) is 0 Å². The molecule has 0 heterocycles. The van der Waals surface area contributed by atoms with Gasteiger partial charge in [-0.25, -0.2) is 4.79 Å². The fourth-order valence-corrected chi connectivity index (χ4v) is 1.26. The van der Waals surface area contributed by atoms with E-state index in [1.807, 2.05) is 0 Å². The first-order chi connectivity index (χ1) is 7.04. The maximum absolute atomic E-state index is 11.2. The van der Waals surface area contributed by atoms with Crippen LogP contribution in [-0.4, -0.2) is 41.5 Å². The summed E-state index contributed by atoms with van der Waals surface area (Å²) in [6.45, 7) is 3.85. The van der Waals surface area contributed by atoms with Crippen LogP contribution in [0.15, 0.2) is 12.7 Å². The third-order valence-electron chi connectivity index (χ3n) is 2.21. The van der Waals surface area contributed by atoms with Gasteiger partial charge in [0.15, 0.2) is 0 Å². The standard InChI is InChI=1S/C10H18N2O3/c1-3-9(13)12(2)8(10(14)15)6-4-5-7-11/h3,8H,1,4-7,11H2,2H3,(H,14,15)/t8-/m0/s1. The first-order valence-corrected chi connectivity index (χ1v) is 4.86. The second kappa shape index (κ2) is 7.00. The van der Waals surface area contributed by atoms with Crippen LogP contribution in [-0.2, 0) is 9.59 Å². The van der Waals surface area contributed by atoms with E-state index >= 15 is 0 Å². The van der Waals surface area contributed by atoms with E-state index in [4.69, 9.17) is 10.8 Å². The molecular formula is C10H18N2O3. The van der Waals surface area contributed by atoms with E-state index in [1.165, 1.54) is 11.9 Å². The Balaban J connectivity index is 4.31. The van der Waals surface area contributed by atoms with Crippen molar-refractivity contribution in [3.05, 3.63) is 12.7 Å². The van der Waals surface area contributed by atoms with Gasteiger partial charge in [-0.2, -0.15) is 0 Å². The number of aliphatic carboxylic acids is 1. The Morgan fingerprint density at radius 1 is 1.53 bits per heavy atom. The van der Waals surface area contributed by atoms with Crippen LogP contribution >= 0.6 is 0 Å². The molecule has 1 atom stereocenters. The number of likely N-dealkylation sites (N-methyl/N-ethyl adjacent to an activating group) is 1. The number of hydrogen-bond donors (Lipinski definition) is 2. The molecule has 0 aromatic rings. The molecule has 0 aliphatic rings. The highest BCUT2D eigenvalue weighted by atomic mass is 16.4. The van der Waals surface area contributed by atoms with E-state index in [9.17, 15) is 9.59 Å². The van der Waals surface area contributed by atoms with Gasteiger partial charge in [0.25, 0.3) is 0 Å².